The molecule has 2 aliphatic rings. The molecule has 142 valence electrons. The lowest BCUT2D eigenvalue weighted by molar-refractivity contribution is 0.174. The van der Waals surface area contributed by atoms with Gasteiger partial charge in [0, 0.05) is 24.5 Å². The maximum absolute atomic E-state index is 5.48. The molecule has 1 aromatic carbocycles. The van der Waals surface area contributed by atoms with E-state index in [9.17, 15) is 0 Å². The van der Waals surface area contributed by atoms with E-state index in [0.29, 0.717) is 6.79 Å². The maximum atomic E-state index is 5.48. The van der Waals surface area contributed by atoms with Crippen molar-refractivity contribution < 1.29 is 9.47 Å². The van der Waals surface area contributed by atoms with Gasteiger partial charge in [-0.25, -0.2) is 0 Å². The Labute approximate surface area is 164 Å². The van der Waals surface area contributed by atoms with Gasteiger partial charge >= 0.3 is 0 Å². The van der Waals surface area contributed by atoms with Crippen LogP contribution in [0, 0.1) is 19.8 Å². The summed E-state index contributed by atoms with van der Waals surface area (Å²) in [6.07, 6.45) is 2.42. The first-order valence-electron chi connectivity index (χ1n) is 8.71. The van der Waals surface area contributed by atoms with Gasteiger partial charge in [0.2, 0.25) is 6.79 Å². The predicted octanol–water partition coefficient (Wildman–Crippen LogP) is 4.24. The van der Waals surface area contributed by atoms with Crippen molar-refractivity contribution in [3.63, 3.8) is 0 Å². The molecular weight excluding hydrogens is 344 g/mol. The Balaban J connectivity index is 0.00000121. The number of hydrogen-bond acceptors (Lipinski definition) is 4. The van der Waals surface area contributed by atoms with Crippen LogP contribution in [0.4, 0.5) is 0 Å². The summed E-state index contributed by atoms with van der Waals surface area (Å²) in [5, 5.41) is 0. The van der Waals surface area contributed by atoms with Crippen LogP contribution in [0.5, 0.6) is 11.5 Å². The number of nitrogens with zero attached hydrogens (tertiary/aromatic N) is 2. The Morgan fingerprint density at radius 1 is 1.04 bits per heavy atom. The van der Waals surface area contributed by atoms with E-state index in [0.717, 1.165) is 48.3 Å². The summed E-state index contributed by atoms with van der Waals surface area (Å²) >= 11 is 0. The largest absolute Gasteiger partial charge is 0.454 e. The molecule has 4 rings (SSSR count). The quantitative estimate of drug-likeness (QED) is 0.802. The van der Waals surface area contributed by atoms with Gasteiger partial charge in [-0.15, -0.1) is 0 Å². The highest BCUT2D eigenvalue weighted by atomic mass is 32.1. The molecule has 1 aromatic heterocycles. The summed E-state index contributed by atoms with van der Waals surface area (Å²) in [5.41, 5.74) is 4.98. The topological polar surface area (TPSA) is 34.6 Å². The molecule has 0 radical (unpaired) electrons. The van der Waals surface area contributed by atoms with Gasteiger partial charge in [0.25, 0.3) is 0 Å². The second kappa shape index (κ2) is 8.78. The number of benzene rings is 1. The molecule has 0 saturated carbocycles. The van der Waals surface area contributed by atoms with Crippen molar-refractivity contribution in [2.45, 2.75) is 40.7 Å². The van der Waals surface area contributed by atoms with Gasteiger partial charge in [0.15, 0.2) is 11.5 Å². The summed E-state index contributed by atoms with van der Waals surface area (Å²) < 4.78 is 10.9. The van der Waals surface area contributed by atoms with E-state index in [1.54, 1.807) is 0 Å². The van der Waals surface area contributed by atoms with Crippen molar-refractivity contribution in [2.24, 2.45) is 5.92 Å². The van der Waals surface area contributed by atoms with Gasteiger partial charge < -0.3 is 9.47 Å². The molecule has 0 N–H and O–H groups in total. The molecular formula is C21H30N2O2S. The van der Waals surface area contributed by atoms with Gasteiger partial charge in [-0.1, -0.05) is 13.5 Å². The Bertz CT molecular complexity index is 731. The van der Waals surface area contributed by atoms with E-state index >= 15 is 0 Å². The van der Waals surface area contributed by atoms with Crippen LogP contribution in [0.3, 0.4) is 0 Å². The van der Waals surface area contributed by atoms with Crippen LogP contribution in [0.15, 0.2) is 30.3 Å². The highest BCUT2D eigenvalue weighted by Crippen LogP contribution is 2.33. The number of ether oxygens (including phenoxy) is 2. The number of aryl methyl sites for hydroxylation is 2. The number of hydrogen-bond donors (Lipinski definition) is 0. The summed E-state index contributed by atoms with van der Waals surface area (Å²) in [6, 6.07) is 10.7. The van der Waals surface area contributed by atoms with Gasteiger partial charge in [-0.2, -0.15) is 13.5 Å². The van der Waals surface area contributed by atoms with Crippen molar-refractivity contribution in [3.8, 4) is 11.5 Å². The van der Waals surface area contributed by atoms with E-state index < -0.39 is 0 Å². The van der Waals surface area contributed by atoms with E-state index in [1.807, 2.05) is 6.07 Å². The Hall–Kier alpha value is -1.72. The van der Waals surface area contributed by atoms with Crippen LogP contribution in [-0.4, -0.2) is 29.8 Å². The van der Waals surface area contributed by atoms with Crippen LogP contribution in [-0.2, 0) is 13.0 Å². The standard InChI is InChI=1S/C20H24N2O2.CH4.H2S/c1-14-7-18(8-15(2)21-14)9-17-5-6-22(12-17)11-16-3-4-19-20(10-16)24-13-23-19;;/h3-4,7-8,10,17H,5-6,9,11-13H2,1-2H3;1H4;1H2. The molecule has 1 fully saturated rings. The normalized spacial score (nSPS) is 18.3. The van der Waals surface area contributed by atoms with Crippen molar-refractivity contribution >= 4 is 13.5 Å². The van der Waals surface area contributed by atoms with Crippen molar-refractivity contribution in [1.29, 1.82) is 0 Å². The fraction of sp³-hybridized carbons (Fsp3) is 0.476. The van der Waals surface area contributed by atoms with E-state index in [2.05, 4.69) is 48.0 Å². The first kappa shape index (κ1) is 20.6. The Morgan fingerprint density at radius 3 is 2.54 bits per heavy atom. The van der Waals surface area contributed by atoms with Crippen molar-refractivity contribution in [2.75, 3.05) is 19.9 Å². The third-order valence-electron chi connectivity index (χ3n) is 4.88. The third kappa shape index (κ3) is 4.71. The minimum atomic E-state index is 0. The van der Waals surface area contributed by atoms with Crippen LogP contribution >= 0.6 is 13.5 Å². The molecule has 2 aromatic rings. The SMILES string of the molecule is C.Cc1cc(CC2CCN(Cc3ccc4c(c3)OCO4)C2)cc(C)n1.S. The molecule has 0 bridgehead atoms. The predicted molar refractivity (Wildman–Crippen MR) is 110 cm³/mol. The molecule has 26 heavy (non-hydrogen) atoms. The summed E-state index contributed by atoms with van der Waals surface area (Å²) in [5.74, 6) is 2.48. The number of fused-ring (bicyclic) bond motifs is 1. The number of pyridine rings is 1. The van der Waals surface area contributed by atoms with Crippen molar-refractivity contribution in [3.05, 3.63) is 52.8 Å². The molecule has 1 atom stereocenters. The molecule has 1 unspecified atom stereocenters. The summed E-state index contributed by atoms with van der Waals surface area (Å²) in [6.45, 7) is 7.82. The molecule has 3 heterocycles. The van der Waals surface area contributed by atoms with Crippen molar-refractivity contribution in [1.82, 2.24) is 9.88 Å². The number of likely N-dealkylation sites (tertiary alicyclic amines) is 1. The Kier molecular flexibility index (Phi) is 6.95. The average Bonchev–Trinajstić information content (AvgIpc) is 3.15. The minimum Gasteiger partial charge on any atom is -0.454 e. The maximum Gasteiger partial charge on any atom is 0.231 e. The average molecular weight is 375 g/mol. The molecule has 1 saturated heterocycles. The van der Waals surface area contributed by atoms with Crippen LogP contribution < -0.4 is 9.47 Å². The lowest BCUT2D eigenvalue weighted by atomic mass is 9.98. The zero-order valence-electron chi connectivity index (χ0n) is 14.9. The van der Waals surface area contributed by atoms with E-state index in [4.69, 9.17) is 9.47 Å². The summed E-state index contributed by atoms with van der Waals surface area (Å²) in [4.78, 5) is 7.02. The first-order chi connectivity index (χ1) is 11.7. The monoisotopic (exact) mass is 374 g/mol. The third-order valence-corrected chi connectivity index (χ3v) is 4.88. The highest BCUT2D eigenvalue weighted by molar-refractivity contribution is 7.59. The Morgan fingerprint density at radius 2 is 1.77 bits per heavy atom. The lowest BCUT2D eigenvalue weighted by Crippen LogP contribution is -2.20. The van der Waals surface area contributed by atoms with Gasteiger partial charge in [0.05, 0.1) is 0 Å². The fourth-order valence-electron chi connectivity index (χ4n) is 3.89. The number of rotatable bonds is 4. The van der Waals surface area contributed by atoms with Gasteiger partial charge in [0.1, 0.15) is 0 Å². The molecule has 2 aliphatic heterocycles. The molecule has 0 spiro atoms. The minimum absolute atomic E-state index is 0. The molecule has 0 aliphatic carbocycles. The smallest absolute Gasteiger partial charge is 0.231 e. The van der Waals surface area contributed by atoms with E-state index in [1.165, 1.54) is 24.1 Å². The van der Waals surface area contributed by atoms with E-state index in [-0.39, 0.29) is 20.9 Å². The second-order valence-electron chi connectivity index (χ2n) is 7.04. The van der Waals surface area contributed by atoms with Crippen LogP contribution in [0.1, 0.15) is 36.4 Å². The molecule has 0 amide bonds. The first-order valence-corrected chi connectivity index (χ1v) is 8.71. The van der Waals surface area contributed by atoms with Gasteiger partial charge in [-0.05, 0) is 74.5 Å². The zero-order valence-corrected chi connectivity index (χ0v) is 15.9. The van der Waals surface area contributed by atoms with Gasteiger partial charge in [-0.3, -0.25) is 9.88 Å². The molecule has 5 heteroatoms. The highest BCUT2D eigenvalue weighted by Gasteiger charge is 2.23. The summed E-state index contributed by atoms with van der Waals surface area (Å²) in [7, 11) is 0. The second-order valence-corrected chi connectivity index (χ2v) is 7.04. The lowest BCUT2D eigenvalue weighted by Gasteiger charge is -2.16. The van der Waals surface area contributed by atoms with Crippen LogP contribution in [0.25, 0.3) is 0 Å². The number of aromatic nitrogens is 1. The zero-order chi connectivity index (χ0) is 16.5. The van der Waals surface area contributed by atoms with Crippen LogP contribution in [0.2, 0.25) is 0 Å². The molecule has 4 nitrogen and oxygen atoms in total. The fourth-order valence-corrected chi connectivity index (χ4v) is 3.89.